The highest BCUT2D eigenvalue weighted by molar-refractivity contribution is 4.76. The van der Waals surface area contributed by atoms with E-state index in [-0.39, 0.29) is 6.23 Å². The van der Waals surface area contributed by atoms with Crippen molar-refractivity contribution in [3.8, 4) is 0 Å². The van der Waals surface area contributed by atoms with Crippen molar-refractivity contribution < 1.29 is 9.47 Å². The smallest absolute Gasteiger partial charge is 0.149 e. The predicted molar refractivity (Wildman–Crippen MR) is 31.8 cm³/mol. The molecular weight excluding hydrogens is 118 g/mol. The standard InChI is InChI=1S/C6H11NO2/c1-2-5-6(7-3-1)9-4-8-5/h5-7H,1-4H2. The van der Waals surface area contributed by atoms with E-state index in [9.17, 15) is 0 Å². The molecule has 2 heterocycles. The van der Waals surface area contributed by atoms with Crippen molar-refractivity contribution in [1.82, 2.24) is 5.32 Å². The largest absolute Gasteiger partial charge is 0.348 e. The Balaban J connectivity index is 1.97. The van der Waals surface area contributed by atoms with Crippen molar-refractivity contribution in [2.75, 3.05) is 13.3 Å². The van der Waals surface area contributed by atoms with Gasteiger partial charge in [-0.15, -0.1) is 0 Å². The summed E-state index contributed by atoms with van der Waals surface area (Å²) in [5, 5.41) is 3.23. The average Bonchev–Trinajstić information content (AvgIpc) is 2.33. The lowest BCUT2D eigenvalue weighted by atomic mass is 10.1. The van der Waals surface area contributed by atoms with E-state index in [0.717, 1.165) is 13.0 Å². The van der Waals surface area contributed by atoms with Crippen molar-refractivity contribution in [3.05, 3.63) is 0 Å². The van der Waals surface area contributed by atoms with E-state index in [1.165, 1.54) is 6.42 Å². The lowest BCUT2D eigenvalue weighted by Gasteiger charge is -2.22. The Labute approximate surface area is 54.3 Å². The van der Waals surface area contributed by atoms with Gasteiger partial charge in [0.05, 0.1) is 6.10 Å². The first kappa shape index (κ1) is 5.65. The Morgan fingerprint density at radius 2 is 2.33 bits per heavy atom. The van der Waals surface area contributed by atoms with Gasteiger partial charge in [-0.3, -0.25) is 5.32 Å². The van der Waals surface area contributed by atoms with Gasteiger partial charge in [0.15, 0.2) is 0 Å². The zero-order valence-electron chi connectivity index (χ0n) is 5.30. The van der Waals surface area contributed by atoms with Crippen molar-refractivity contribution in [2.45, 2.75) is 25.2 Å². The van der Waals surface area contributed by atoms with Crippen LogP contribution in [0, 0.1) is 0 Å². The molecule has 9 heavy (non-hydrogen) atoms. The van der Waals surface area contributed by atoms with Crippen molar-refractivity contribution in [3.63, 3.8) is 0 Å². The van der Waals surface area contributed by atoms with Gasteiger partial charge < -0.3 is 9.47 Å². The highest BCUT2D eigenvalue weighted by Gasteiger charge is 2.30. The summed E-state index contributed by atoms with van der Waals surface area (Å²) in [6.07, 6.45) is 2.89. The minimum Gasteiger partial charge on any atom is -0.348 e. The van der Waals surface area contributed by atoms with Gasteiger partial charge >= 0.3 is 0 Å². The second-order valence-electron chi connectivity index (χ2n) is 2.51. The molecule has 2 fully saturated rings. The summed E-state index contributed by atoms with van der Waals surface area (Å²) in [7, 11) is 0. The molecule has 0 aromatic carbocycles. The average molecular weight is 129 g/mol. The van der Waals surface area contributed by atoms with Gasteiger partial charge in [0, 0.05) is 0 Å². The van der Waals surface area contributed by atoms with Gasteiger partial charge in [0.2, 0.25) is 0 Å². The number of ether oxygens (including phenoxy) is 2. The molecule has 2 rings (SSSR count). The Kier molecular flexibility index (Phi) is 1.41. The van der Waals surface area contributed by atoms with Crippen LogP contribution in [0.25, 0.3) is 0 Å². The fourth-order valence-corrected chi connectivity index (χ4v) is 1.37. The molecule has 52 valence electrons. The molecule has 0 saturated carbocycles. The van der Waals surface area contributed by atoms with Crippen molar-refractivity contribution in [1.29, 1.82) is 0 Å². The Bertz CT molecular complexity index is 95.2. The molecule has 2 aliphatic heterocycles. The third kappa shape index (κ3) is 0.956. The maximum atomic E-state index is 5.27. The number of fused-ring (bicyclic) bond motifs is 1. The second-order valence-corrected chi connectivity index (χ2v) is 2.51. The van der Waals surface area contributed by atoms with Crippen LogP contribution in [0.4, 0.5) is 0 Å². The topological polar surface area (TPSA) is 30.5 Å². The lowest BCUT2D eigenvalue weighted by Crippen LogP contribution is -2.42. The first-order valence-corrected chi connectivity index (χ1v) is 3.43. The summed E-state index contributed by atoms with van der Waals surface area (Å²) in [4.78, 5) is 0. The molecule has 2 saturated heterocycles. The van der Waals surface area contributed by atoms with E-state index in [2.05, 4.69) is 5.32 Å². The Morgan fingerprint density at radius 3 is 3.22 bits per heavy atom. The fraction of sp³-hybridized carbons (Fsp3) is 1.00. The first-order chi connectivity index (χ1) is 4.47. The number of hydrogen-bond donors (Lipinski definition) is 1. The van der Waals surface area contributed by atoms with Crippen LogP contribution in [-0.2, 0) is 9.47 Å². The molecule has 0 radical (unpaired) electrons. The number of hydrogen-bond acceptors (Lipinski definition) is 3. The fourth-order valence-electron chi connectivity index (χ4n) is 1.37. The van der Waals surface area contributed by atoms with Crippen molar-refractivity contribution in [2.24, 2.45) is 0 Å². The maximum Gasteiger partial charge on any atom is 0.149 e. The molecule has 0 spiro atoms. The molecule has 1 N–H and O–H groups in total. The minimum atomic E-state index is 0.193. The molecular formula is C6H11NO2. The van der Waals surface area contributed by atoms with E-state index in [0.29, 0.717) is 12.9 Å². The summed E-state index contributed by atoms with van der Waals surface area (Å²) < 4.78 is 10.5. The predicted octanol–water partition coefficient (Wildman–Crippen LogP) is 0.0688. The SMILES string of the molecule is C1CNC2OCOC2C1. The Hall–Kier alpha value is -0.120. The summed E-state index contributed by atoms with van der Waals surface area (Å²) in [6.45, 7) is 1.55. The van der Waals surface area contributed by atoms with Crippen LogP contribution in [0.1, 0.15) is 12.8 Å². The van der Waals surface area contributed by atoms with Crippen LogP contribution in [0.15, 0.2) is 0 Å². The zero-order chi connectivity index (χ0) is 6.10. The second kappa shape index (κ2) is 2.25. The summed E-state index contributed by atoms with van der Waals surface area (Å²) in [5.41, 5.74) is 0. The molecule has 2 atom stereocenters. The molecule has 0 aromatic rings. The zero-order valence-corrected chi connectivity index (χ0v) is 5.30. The van der Waals surface area contributed by atoms with E-state index in [1.807, 2.05) is 0 Å². The molecule has 3 nitrogen and oxygen atoms in total. The van der Waals surface area contributed by atoms with E-state index in [1.54, 1.807) is 0 Å². The van der Waals surface area contributed by atoms with Crippen LogP contribution >= 0.6 is 0 Å². The normalized spacial score (nSPS) is 42.7. The molecule has 3 heteroatoms. The third-order valence-electron chi connectivity index (χ3n) is 1.88. The summed E-state index contributed by atoms with van der Waals surface area (Å²) in [5.74, 6) is 0. The van der Waals surface area contributed by atoms with Gasteiger partial charge in [-0.25, -0.2) is 0 Å². The summed E-state index contributed by atoms with van der Waals surface area (Å²) in [6, 6.07) is 0. The van der Waals surface area contributed by atoms with Gasteiger partial charge in [-0.05, 0) is 19.4 Å². The number of piperidine rings is 1. The van der Waals surface area contributed by atoms with Crippen molar-refractivity contribution >= 4 is 0 Å². The Morgan fingerprint density at radius 1 is 1.33 bits per heavy atom. The quantitative estimate of drug-likeness (QED) is 0.502. The van der Waals surface area contributed by atoms with Crippen LogP contribution in [0.2, 0.25) is 0 Å². The number of rotatable bonds is 0. The molecule has 0 aromatic heterocycles. The first-order valence-electron chi connectivity index (χ1n) is 3.43. The van der Waals surface area contributed by atoms with Crippen LogP contribution in [0.5, 0.6) is 0 Å². The molecule has 0 aliphatic carbocycles. The number of nitrogens with one attached hydrogen (secondary N) is 1. The minimum absolute atomic E-state index is 0.193. The molecule has 0 amide bonds. The monoisotopic (exact) mass is 129 g/mol. The van der Waals surface area contributed by atoms with E-state index >= 15 is 0 Å². The highest BCUT2D eigenvalue weighted by atomic mass is 16.7. The highest BCUT2D eigenvalue weighted by Crippen LogP contribution is 2.18. The maximum absolute atomic E-state index is 5.27. The third-order valence-corrected chi connectivity index (χ3v) is 1.88. The molecule has 2 unspecified atom stereocenters. The lowest BCUT2D eigenvalue weighted by molar-refractivity contribution is 0.0360. The van der Waals surface area contributed by atoms with E-state index in [4.69, 9.17) is 9.47 Å². The van der Waals surface area contributed by atoms with Gasteiger partial charge in [-0.1, -0.05) is 0 Å². The van der Waals surface area contributed by atoms with Crippen LogP contribution in [-0.4, -0.2) is 25.7 Å². The van der Waals surface area contributed by atoms with E-state index < -0.39 is 0 Å². The summed E-state index contributed by atoms with van der Waals surface area (Å²) >= 11 is 0. The molecule has 2 aliphatic rings. The van der Waals surface area contributed by atoms with Crippen LogP contribution in [0.3, 0.4) is 0 Å². The van der Waals surface area contributed by atoms with Gasteiger partial charge in [-0.2, -0.15) is 0 Å². The van der Waals surface area contributed by atoms with Crippen LogP contribution < -0.4 is 5.32 Å². The van der Waals surface area contributed by atoms with Gasteiger partial charge in [0.1, 0.15) is 13.0 Å². The molecule has 0 bridgehead atoms. The van der Waals surface area contributed by atoms with Gasteiger partial charge in [0.25, 0.3) is 0 Å².